The summed E-state index contributed by atoms with van der Waals surface area (Å²) in [5.41, 5.74) is 6.40. The van der Waals surface area contributed by atoms with E-state index in [0.29, 0.717) is 12.4 Å². The van der Waals surface area contributed by atoms with Crippen LogP contribution in [0.5, 0.6) is 17.2 Å². The molecule has 0 atom stereocenters. The second-order valence-electron chi connectivity index (χ2n) is 11.3. The lowest BCUT2D eigenvalue weighted by molar-refractivity contribution is 0.238. The van der Waals surface area contributed by atoms with Gasteiger partial charge in [0.25, 0.3) is 0 Å². The topological polar surface area (TPSA) is 45.2 Å². The van der Waals surface area contributed by atoms with Gasteiger partial charge in [0.15, 0.2) is 0 Å². The molecular formula is C34H40N2O3S. The fourth-order valence-corrected chi connectivity index (χ4v) is 7.47. The number of hydrogen-bond donors (Lipinski definition) is 1. The first-order chi connectivity index (χ1) is 19.6. The van der Waals surface area contributed by atoms with Crippen molar-refractivity contribution in [2.45, 2.75) is 45.6 Å². The molecule has 0 unspecified atom stereocenters. The number of fused-ring (bicyclic) bond motifs is 1. The van der Waals surface area contributed by atoms with Crippen LogP contribution in [0.1, 0.15) is 47.9 Å². The Morgan fingerprint density at radius 2 is 1.65 bits per heavy atom. The second kappa shape index (κ2) is 12.2. The zero-order valence-corrected chi connectivity index (χ0v) is 24.6. The van der Waals surface area contributed by atoms with E-state index in [1.165, 1.54) is 84.4 Å². The predicted molar refractivity (Wildman–Crippen MR) is 165 cm³/mol. The van der Waals surface area contributed by atoms with E-state index < -0.39 is 0 Å². The van der Waals surface area contributed by atoms with Crippen molar-refractivity contribution in [3.63, 3.8) is 0 Å². The molecule has 5 nitrogen and oxygen atoms in total. The average molecular weight is 557 g/mol. The van der Waals surface area contributed by atoms with Gasteiger partial charge in [0.1, 0.15) is 23.9 Å². The monoisotopic (exact) mass is 556 g/mol. The number of nitrogens with zero attached hydrogens (tertiary/aromatic N) is 2. The van der Waals surface area contributed by atoms with Crippen LogP contribution in [0, 0.1) is 6.92 Å². The van der Waals surface area contributed by atoms with Crippen LogP contribution in [0.4, 0.5) is 0 Å². The molecule has 0 saturated carbocycles. The zero-order chi connectivity index (χ0) is 27.5. The fraction of sp³-hybridized carbons (Fsp3) is 0.412. The Balaban J connectivity index is 1.34. The maximum atomic E-state index is 10.3. The summed E-state index contributed by atoms with van der Waals surface area (Å²) in [6.45, 7) is 9.65. The Hall–Kier alpha value is -3.06. The first-order valence-electron chi connectivity index (χ1n) is 14.7. The third-order valence-corrected chi connectivity index (χ3v) is 9.68. The lowest BCUT2D eigenvalue weighted by Gasteiger charge is -2.18. The number of phenols is 1. The first-order valence-corrected chi connectivity index (χ1v) is 15.5. The first kappa shape index (κ1) is 27.1. The maximum Gasteiger partial charge on any atom is 0.128 e. The van der Waals surface area contributed by atoms with Crippen LogP contribution < -0.4 is 9.47 Å². The molecule has 3 heterocycles. The van der Waals surface area contributed by atoms with Crippen molar-refractivity contribution < 1.29 is 14.6 Å². The molecule has 0 bridgehead atoms. The number of benzene rings is 3. The zero-order valence-electron chi connectivity index (χ0n) is 23.7. The smallest absolute Gasteiger partial charge is 0.128 e. The molecule has 6 heteroatoms. The summed E-state index contributed by atoms with van der Waals surface area (Å²) >= 11 is 1.72. The number of hydrogen-bond acceptors (Lipinski definition) is 6. The Kier molecular flexibility index (Phi) is 8.28. The molecule has 0 amide bonds. The maximum absolute atomic E-state index is 10.3. The van der Waals surface area contributed by atoms with Crippen molar-refractivity contribution >= 4 is 21.4 Å². The summed E-state index contributed by atoms with van der Waals surface area (Å²) < 4.78 is 13.2. The highest BCUT2D eigenvalue weighted by Gasteiger charge is 2.20. The van der Waals surface area contributed by atoms with Gasteiger partial charge in [0.05, 0.1) is 7.11 Å². The summed E-state index contributed by atoms with van der Waals surface area (Å²) in [7, 11) is 1.71. The Morgan fingerprint density at radius 3 is 2.40 bits per heavy atom. The summed E-state index contributed by atoms with van der Waals surface area (Å²) in [5, 5.41) is 11.5. The molecule has 40 heavy (non-hydrogen) atoms. The summed E-state index contributed by atoms with van der Waals surface area (Å²) in [5.74, 6) is 1.99. The van der Waals surface area contributed by atoms with E-state index in [4.69, 9.17) is 9.47 Å². The van der Waals surface area contributed by atoms with E-state index in [0.717, 1.165) is 41.3 Å². The number of thiophene rings is 1. The van der Waals surface area contributed by atoms with Gasteiger partial charge in [-0.2, -0.15) is 0 Å². The molecule has 0 spiro atoms. The van der Waals surface area contributed by atoms with Crippen molar-refractivity contribution in [3.8, 4) is 27.7 Å². The van der Waals surface area contributed by atoms with Crippen LogP contribution in [-0.2, 0) is 13.0 Å². The van der Waals surface area contributed by atoms with Gasteiger partial charge in [-0.1, -0.05) is 18.2 Å². The highest BCUT2D eigenvalue weighted by atomic mass is 32.1. The van der Waals surface area contributed by atoms with Crippen LogP contribution in [0.2, 0.25) is 0 Å². The molecule has 2 aliphatic heterocycles. The standard InChI is InChI=1S/C34H40N2O3S/c1-24-19-25(7-8-26(24)23-36-15-5-6-16-36)20-30-29-11-9-27(37)21-33(29)40-34(30)31-22-28(38-2)10-12-32(31)39-18-17-35-13-3-4-14-35/h7-12,19,21-22,37H,3-6,13-18,20,23H2,1-2H3. The van der Waals surface area contributed by atoms with Crippen LogP contribution in [0.3, 0.4) is 0 Å². The highest BCUT2D eigenvalue weighted by Crippen LogP contribution is 2.45. The normalized spacial score (nSPS) is 16.2. The van der Waals surface area contributed by atoms with Gasteiger partial charge < -0.3 is 14.6 Å². The van der Waals surface area contributed by atoms with E-state index in [1.807, 2.05) is 18.2 Å². The number of aromatic hydroxyl groups is 1. The number of phenolic OH excluding ortho intramolecular Hbond substituents is 1. The minimum atomic E-state index is 0.293. The molecule has 1 N–H and O–H groups in total. The van der Waals surface area contributed by atoms with Gasteiger partial charge in [-0.25, -0.2) is 0 Å². The van der Waals surface area contributed by atoms with Gasteiger partial charge >= 0.3 is 0 Å². The number of likely N-dealkylation sites (tertiary alicyclic amines) is 2. The predicted octanol–water partition coefficient (Wildman–Crippen LogP) is 7.25. The summed E-state index contributed by atoms with van der Waals surface area (Å²) in [4.78, 5) is 6.22. The minimum absolute atomic E-state index is 0.293. The summed E-state index contributed by atoms with van der Waals surface area (Å²) in [6.07, 6.45) is 6.01. The number of methoxy groups -OCH3 is 1. The molecule has 0 radical (unpaired) electrons. The van der Waals surface area contributed by atoms with E-state index in [9.17, 15) is 5.11 Å². The molecule has 4 aromatic rings. The Labute approximate surface area is 242 Å². The van der Waals surface area contributed by atoms with Crippen LogP contribution in [0.25, 0.3) is 20.5 Å². The van der Waals surface area contributed by atoms with Crippen LogP contribution >= 0.6 is 11.3 Å². The Morgan fingerprint density at radius 1 is 0.875 bits per heavy atom. The van der Waals surface area contributed by atoms with Crippen molar-refractivity contribution in [1.82, 2.24) is 9.80 Å². The lowest BCUT2D eigenvalue weighted by Crippen LogP contribution is -2.25. The third-order valence-electron chi connectivity index (χ3n) is 8.45. The van der Waals surface area contributed by atoms with Gasteiger partial charge in [0, 0.05) is 28.2 Å². The molecule has 1 aromatic heterocycles. The van der Waals surface area contributed by atoms with Crippen molar-refractivity contribution in [1.29, 1.82) is 0 Å². The van der Waals surface area contributed by atoms with Gasteiger partial charge in [-0.3, -0.25) is 9.80 Å². The van der Waals surface area contributed by atoms with Gasteiger partial charge in [-0.15, -0.1) is 11.3 Å². The van der Waals surface area contributed by atoms with E-state index in [-0.39, 0.29) is 0 Å². The average Bonchev–Trinajstić information content (AvgIpc) is 3.73. The number of aryl methyl sites for hydroxylation is 1. The SMILES string of the molecule is COc1ccc(OCCN2CCCC2)c(-c2sc3cc(O)ccc3c2Cc2ccc(CN3CCCC3)c(C)c2)c1. The molecule has 2 saturated heterocycles. The molecule has 2 fully saturated rings. The number of rotatable bonds is 10. The molecule has 210 valence electrons. The van der Waals surface area contributed by atoms with E-state index >= 15 is 0 Å². The van der Waals surface area contributed by atoms with Crippen LogP contribution in [-0.4, -0.2) is 61.3 Å². The largest absolute Gasteiger partial charge is 0.508 e. The minimum Gasteiger partial charge on any atom is -0.508 e. The third kappa shape index (κ3) is 5.99. The van der Waals surface area contributed by atoms with E-state index in [2.05, 4.69) is 47.1 Å². The number of ether oxygens (including phenoxy) is 2. The fourth-order valence-electron chi connectivity index (χ4n) is 6.19. The molecular weight excluding hydrogens is 516 g/mol. The van der Waals surface area contributed by atoms with Crippen molar-refractivity contribution in [2.75, 3.05) is 46.4 Å². The molecule has 6 rings (SSSR count). The van der Waals surface area contributed by atoms with Crippen molar-refractivity contribution in [2.24, 2.45) is 0 Å². The van der Waals surface area contributed by atoms with Gasteiger partial charge in [-0.05, 0) is 129 Å². The van der Waals surface area contributed by atoms with E-state index in [1.54, 1.807) is 24.5 Å². The lowest BCUT2D eigenvalue weighted by atomic mass is 9.96. The quantitative estimate of drug-likeness (QED) is 0.223. The Bertz CT molecular complexity index is 1470. The molecule has 3 aromatic carbocycles. The highest BCUT2D eigenvalue weighted by molar-refractivity contribution is 7.22. The van der Waals surface area contributed by atoms with Crippen LogP contribution in [0.15, 0.2) is 54.6 Å². The second-order valence-corrected chi connectivity index (χ2v) is 12.3. The molecule has 0 aliphatic carbocycles. The summed E-state index contributed by atoms with van der Waals surface area (Å²) in [6, 6.07) is 18.8. The van der Waals surface area contributed by atoms with Crippen molar-refractivity contribution in [3.05, 3.63) is 76.9 Å². The molecule has 2 aliphatic rings. The van der Waals surface area contributed by atoms with Gasteiger partial charge in [0.2, 0.25) is 0 Å².